The van der Waals surface area contributed by atoms with Gasteiger partial charge in [0, 0.05) is 12.7 Å². The maximum absolute atomic E-state index is 11.2. The Morgan fingerprint density at radius 3 is 2.45 bits per heavy atom. The van der Waals surface area contributed by atoms with Crippen molar-refractivity contribution in [1.82, 2.24) is 0 Å². The lowest BCUT2D eigenvalue weighted by molar-refractivity contribution is -0.134. The zero-order valence-electron chi connectivity index (χ0n) is 14.1. The fourth-order valence-electron chi connectivity index (χ4n) is 2.31. The number of para-hydroxylation sites is 1. The molecule has 0 aliphatic carbocycles. The second-order valence-electron chi connectivity index (χ2n) is 5.11. The van der Waals surface area contributed by atoms with E-state index in [0.29, 0.717) is 13.2 Å². The summed E-state index contributed by atoms with van der Waals surface area (Å²) in [7, 11) is 2.04. The predicted molar refractivity (Wildman–Crippen MR) is 92.0 cm³/mol. The molecule has 0 unspecified atom stereocenters. The highest BCUT2D eigenvalue weighted by Crippen LogP contribution is 2.23. The quantitative estimate of drug-likeness (QED) is 0.442. The number of carbonyl (C=O) groups excluding carboxylic acids is 1. The van der Waals surface area contributed by atoms with Crippen molar-refractivity contribution in [1.29, 1.82) is 0 Å². The monoisotopic (exact) mass is 303 g/mol. The summed E-state index contributed by atoms with van der Waals surface area (Å²) >= 11 is 0. The summed E-state index contributed by atoms with van der Waals surface area (Å²) in [6, 6.07) is 6.25. The summed E-state index contributed by atoms with van der Waals surface area (Å²) in [5, 5.41) is 7.95. The molecule has 0 aromatic heterocycles. The Kier molecular flexibility index (Phi) is 7.29. The van der Waals surface area contributed by atoms with E-state index >= 15 is 0 Å². The van der Waals surface area contributed by atoms with E-state index in [9.17, 15) is 4.79 Å². The minimum absolute atomic E-state index is 0.338. The van der Waals surface area contributed by atoms with E-state index in [1.54, 1.807) is 6.92 Å². The molecule has 0 aliphatic rings. The van der Waals surface area contributed by atoms with Crippen LogP contribution in [0.15, 0.2) is 28.4 Å². The molecule has 5 heteroatoms. The average Bonchev–Trinajstić information content (AvgIpc) is 2.46. The zero-order chi connectivity index (χ0) is 16.5. The van der Waals surface area contributed by atoms with Crippen molar-refractivity contribution >= 4 is 23.6 Å². The van der Waals surface area contributed by atoms with Gasteiger partial charge >= 0.3 is 5.97 Å². The van der Waals surface area contributed by atoms with Crippen molar-refractivity contribution in [3.8, 4) is 0 Å². The van der Waals surface area contributed by atoms with Gasteiger partial charge in [-0.1, -0.05) is 25.1 Å². The molecule has 0 fully saturated rings. The molecule has 0 saturated carbocycles. The molecule has 1 aromatic rings. The van der Waals surface area contributed by atoms with Crippen LogP contribution in [-0.4, -0.2) is 38.1 Å². The van der Waals surface area contributed by atoms with E-state index in [2.05, 4.69) is 47.1 Å². The van der Waals surface area contributed by atoms with Crippen LogP contribution in [0.3, 0.4) is 0 Å². The molecule has 0 spiro atoms. The van der Waals surface area contributed by atoms with Crippen LogP contribution < -0.4 is 4.90 Å². The zero-order valence-corrected chi connectivity index (χ0v) is 14.1. The Balaban J connectivity index is 2.79. The van der Waals surface area contributed by atoms with Gasteiger partial charge in [0.05, 0.1) is 18.9 Å². The first kappa shape index (κ1) is 17.9. The molecule has 0 atom stereocenters. The van der Waals surface area contributed by atoms with Crippen molar-refractivity contribution in [2.45, 2.75) is 34.1 Å². The smallest absolute Gasteiger partial charge is 0.351 e. The lowest BCUT2D eigenvalue weighted by atomic mass is 10.1. The minimum Gasteiger partial charge on any atom is -0.462 e. The van der Waals surface area contributed by atoms with Crippen LogP contribution in [0.1, 0.15) is 31.4 Å². The normalized spacial score (nSPS) is 11.8. The number of benzene rings is 1. The van der Waals surface area contributed by atoms with Crippen molar-refractivity contribution in [2.75, 3.05) is 25.1 Å². The fraction of sp³-hybridized carbons (Fsp3) is 0.471. The van der Waals surface area contributed by atoms with Crippen LogP contribution in [0, 0.1) is 13.8 Å². The maximum Gasteiger partial charge on any atom is 0.351 e. The summed E-state index contributed by atoms with van der Waals surface area (Å²) in [6.07, 6.45) is 1.88. The Morgan fingerprint density at radius 1 is 1.27 bits per heavy atom. The summed E-state index contributed by atoms with van der Waals surface area (Å²) in [5.41, 5.74) is 4.57. The molecule has 0 radical (unpaired) electrons. The van der Waals surface area contributed by atoms with Gasteiger partial charge in [-0.2, -0.15) is 10.2 Å². The molecule has 0 amide bonds. The van der Waals surface area contributed by atoms with E-state index in [1.165, 1.54) is 16.8 Å². The number of ether oxygens (including phenoxy) is 1. The molecule has 5 nitrogen and oxygen atoms in total. The molecular formula is C17H25N3O2. The van der Waals surface area contributed by atoms with Crippen molar-refractivity contribution in [2.24, 2.45) is 10.2 Å². The van der Waals surface area contributed by atoms with E-state index in [0.717, 1.165) is 18.3 Å². The number of esters is 1. The highest BCUT2D eigenvalue weighted by atomic mass is 16.5. The van der Waals surface area contributed by atoms with Crippen molar-refractivity contribution < 1.29 is 9.53 Å². The van der Waals surface area contributed by atoms with Crippen LogP contribution in [0.2, 0.25) is 0 Å². The fourth-order valence-corrected chi connectivity index (χ4v) is 2.31. The number of aryl methyl sites for hydroxylation is 2. The molecule has 0 bridgehead atoms. The molecule has 0 N–H and O–H groups in total. The first-order valence-corrected chi connectivity index (χ1v) is 7.52. The predicted octanol–water partition coefficient (Wildman–Crippen LogP) is 3.14. The number of nitrogens with zero attached hydrogens (tertiary/aromatic N) is 3. The van der Waals surface area contributed by atoms with Crippen LogP contribution in [0.5, 0.6) is 0 Å². The SMILES string of the molecule is CCOC(=O)/C=N/N=C(\CC)CN(C)c1c(C)cccc1C. The van der Waals surface area contributed by atoms with E-state index < -0.39 is 5.97 Å². The number of hydrogen-bond acceptors (Lipinski definition) is 5. The Labute approximate surface area is 132 Å². The molecule has 0 saturated heterocycles. The molecule has 120 valence electrons. The highest BCUT2D eigenvalue weighted by Gasteiger charge is 2.09. The van der Waals surface area contributed by atoms with Gasteiger partial charge in [-0.3, -0.25) is 0 Å². The van der Waals surface area contributed by atoms with Crippen LogP contribution >= 0.6 is 0 Å². The second kappa shape index (κ2) is 8.97. The first-order valence-electron chi connectivity index (χ1n) is 7.52. The van der Waals surface area contributed by atoms with Crippen molar-refractivity contribution in [3.63, 3.8) is 0 Å². The van der Waals surface area contributed by atoms with Gasteiger partial charge in [0.15, 0.2) is 0 Å². The highest BCUT2D eigenvalue weighted by molar-refractivity contribution is 6.23. The summed E-state index contributed by atoms with van der Waals surface area (Å²) in [6.45, 7) is 8.98. The van der Waals surface area contributed by atoms with Gasteiger partial charge in [-0.05, 0) is 38.3 Å². The maximum atomic E-state index is 11.2. The average molecular weight is 303 g/mol. The third kappa shape index (κ3) is 5.31. The Morgan fingerprint density at radius 2 is 1.91 bits per heavy atom. The molecule has 22 heavy (non-hydrogen) atoms. The van der Waals surface area contributed by atoms with Gasteiger partial charge in [0.25, 0.3) is 0 Å². The number of carbonyl (C=O) groups is 1. The second-order valence-corrected chi connectivity index (χ2v) is 5.11. The van der Waals surface area contributed by atoms with Crippen molar-refractivity contribution in [3.05, 3.63) is 29.3 Å². The molecule has 1 rings (SSSR count). The minimum atomic E-state index is -0.468. The first-order chi connectivity index (χ1) is 10.5. The Bertz CT molecular complexity index is 545. The van der Waals surface area contributed by atoms with Gasteiger partial charge < -0.3 is 9.64 Å². The van der Waals surface area contributed by atoms with E-state index in [-0.39, 0.29) is 0 Å². The summed E-state index contributed by atoms with van der Waals surface area (Å²) in [5.74, 6) is -0.468. The third-order valence-electron chi connectivity index (χ3n) is 3.30. The van der Waals surface area contributed by atoms with Gasteiger partial charge in [-0.15, -0.1) is 0 Å². The van der Waals surface area contributed by atoms with Gasteiger partial charge in [0.1, 0.15) is 6.21 Å². The van der Waals surface area contributed by atoms with E-state index in [1.807, 2.05) is 14.0 Å². The Hall–Kier alpha value is -2.17. The summed E-state index contributed by atoms with van der Waals surface area (Å²) < 4.78 is 4.77. The number of hydrogen-bond donors (Lipinski definition) is 0. The third-order valence-corrected chi connectivity index (χ3v) is 3.30. The molecule has 1 aromatic carbocycles. The standard InChI is InChI=1S/C17H25N3O2/c1-6-15(19-18-11-16(21)22-7-2)12-20(5)17-13(3)9-8-10-14(17)4/h8-11H,6-7,12H2,1-5H3/b18-11+,19-15+. The number of rotatable bonds is 7. The van der Waals surface area contributed by atoms with Gasteiger partial charge in [0.2, 0.25) is 0 Å². The topological polar surface area (TPSA) is 54.3 Å². The largest absolute Gasteiger partial charge is 0.462 e. The molecular weight excluding hydrogens is 278 g/mol. The lowest BCUT2D eigenvalue weighted by Crippen LogP contribution is -2.26. The lowest BCUT2D eigenvalue weighted by Gasteiger charge is -2.23. The van der Waals surface area contributed by atoms with Crippen LogP contribution in [-0.2, 0) is 9.53 Å². The van der Waals surface area contributed by atoms with Crippen LogP contribution in [0.4, 0.5) is 5.69 Å². The summed E-state index contributed by atoms with van der Waals surface area (Å²) in [4.78, 5) is 13.4. The van der Waals surface area contributed by atoms with Crippen LogP contribution in [0.25, 0.3) is 0 Å². The van der Waals surface area contributed by atoms with E-state index in [4.69, 9.17) is 4.74 Å². The number of anilines is 1. The molecule has 0 aliphatic heterocycles. The molecule has 0 heterocycles. The van der Waals surface area contributed by atoms with Gasteiger partial charge in [-0.25, -0.2) is 4.79 Å².